The molecule has 8 bridgehead atoms. The Hall–Kier alpha value is -6.32. The predicted molar refractivity (Wildman–Crippen MR) is 236 cm³/mol. The van der Waals surface area contributed by atoms with Crippen LogP contribution >= 0.6 is 0 Å². The number of nitrogens with zero attached hydrogens (tertiary/aromatic N) is 4. The minimum absolute atomic E-state index is 0. The van der Waals surface area contributed by atoms with Gasteiger partial charge in [0.05, 0.1) is 22.8 Å². The van der Waals surface area contributed by atoms with Gasteiger partial charge < -0.3 is 19.1 Å². The Morgan fingerprint density at radius 1 is 0.369 bits per heavy atom. The van der Waals surface area contributed by atoms with Crippen molar-refractivity contribution in [3.8, 4) is 44.5 Å². The molecule has 9 rings (SSSR count). The molecule has 326 valence electrons. The second-order valence-electron chi connectivity index (χ2n) is 13.6. The van der Waals surface area contributed by atoms with Crippen LogP contribution in [0.15, 0.2) is 146 Å². The molecule has 5 heterocycles. The van der Waals surface area contributed by atoms with Gasteiger partial charge in [0.1, 0.15) is 0 Å². The number of rotatable bonds is 4. The number of halogens is 6. The molecular weight excluding hydrogens is 1000 g/mol. The Labute approximate surface area is 384 Å². The SMILES string of the molecule is C1=Cc2nc1c(-c1ccccc1)c1ccc([n-]1)c(-c1ccccc1)c1nc(c(-c3ccccc3)c3ccc([n-]3)c2-c2ccccc2)C=C1.O=S(=O)([O-])C(F)(F)F.O=S(=O)([O-])C(F)(F)F.[Sn+4]. The number of aromatic nitrogens is 4. The molecule has 0 aliphatic carbocycles. The summed E-state index contributed by atoms with van der Waals surface area (Å²) in [5.74, 6) is 0. The molecule has 0 radical (unpaired) electrons. The first-order chi connectivity index (χ1) is 30.3. The third-order valence-corrected chi connectivity index (χ3v) is 10.6. The molecule has 0 fully saturated rings. The van der Waals surface area contributed by atoms with Crippen LogP contribution in [0.5, 0.6) is 0 Å². The van der Waals surface area contributed by atoms with Crippen LogP contribution in [0.25, 0.3) is 90.9 Å². The Bertz CT molecular complexity index is 2900. The van der Waals surface area contributed by atoms with Crippen LogP contribution < -0.4 is 9.97 Å². The van der Waals surface area contributed by atoms with E-state index >= 15 is 0 Å². The summed E-state index contributed by atoms with van der Waals surface area (Å²) in [7, 11) is -12.2. The average Bonchev–Trinajstić information content (AvgIpc) is 4.10. The van der Waals surface area contributed by atoms with Gasteiger partial charge in [0.25, 0.3) is 0 Å². The first-order valence-corrected chi connectivity index (χ1v) is 21.4. The maximum Gasteiger partial charge on any atom is 4.00 e. The van der Waals surface area contributed by atoms with E-state index in [1.54, 1.807) is 0 Å². The first-order valence-electron chi connectivity index (χ1n) is 18.6. The van der Waals surface area contributed by atoms with E-state index in [4.69, 9.17) is 45.9 Å². The normalized spacial score (nSPS) is 12.3. The quantitative estimate of drug-likeness (QED) is 0.0716. The van der Waals surface area contributed by atoms with Crippen LogP contribution in [0.3, 0.4) is 0 Å². The maximum absolute atomic E-state index is 10.7. The van der Waals surface area contributed by atoms with Gasteiger partial charge in [-0.2, -0.15) is 26.3 Å². The first kappa shape index (κ1) is 48.1. The minimum Gasteiger partial charge on any atom is -0.741 e. The molecule has 0 amide bonds. The van der Waals surface area contributed by atoms with Crippen LogP contribution in [0, 0.1) is 0 Å². The maximum atomic E-state index is 10.7. The summed E-state index contributed by atoms with van der Waals surface area (Å²) in [6, 6.07) is 50.0. The van der Waals surface area contributed by atoms with Crippen molar-refractivity contribution in [3.63, 3.8) is 0 Å². The Balaban J connectivity index is 0.000000354. The fourth-order valence-electron chi connectivity index (χ4n) is 6.69. The van der Waals surface area contributed by atoms with Gasteiger partial charge in [0, 0.05) is 0 Å². The van der Waals surface area contributed by atoms with Crippen molar-refractivity contribution in [1.82, 2.24) is 19.9 Å². The number of benzene rings is 4. The van der Waals surface area contributed by atoms with Crippen molar-refractivity contribution in [2.45, 2.75) is 11.0 Å². The average molecular weight is 1030 g/mol. The molecular formula is C46H28F6N4O6S2Sn. The van der Waals surface area contributed by atoms with E-state index in [2.05, 4.69) is 146 Å². The zero-order chi connectivity index (χ0) is 45.9. The molecule has 0 atom stereocenters. The van der Waals surface area contributed by atoms with E-state index in [1.807, 2.05) is 24.3 Å². The molecule has 10 nitrogen and oxygen atoms in total. The molecule has 4 aromatic carbocycles. The zero-order valence-corrected chi connectivity index (χ0v) is 37.5. The van der Waals surface area contributed by atoms with E-state index in [1.165, 1.54) is 0 Å². The van der Waals surface area contributed by atoms with Gasteiger partial charge in [0.15, 0.2) is 20.2 Å². The van der Waals surface area contributed by atoms with Crippen molar-refractivity contribution in [3.05, 3.63) is 168 Å². The largest absolute Gasteiger partial charge is 4.00 e. The van der Waals surface area contributed by atoms with Crippen LogP contribution in [-0.2, 0) is 20.2 Å². The second-order valence-corrected chi connectivity index (χ2v) is 16.4. The van der Waals surface area contributed by atoms with E-state index in [0.717, 1.165) is 89.4 Å². The van der Waals surface area contributed by atoms with Gasteiger partial charge in [-0.05, 0) is 68.8 Å². The molecule has 7 aromatic rings. The molecule has 2 aliphatic rings. The fraction of sp³-hybridized carbons (Fsp3) is 0.0435. The van der Waals surface area contributed by atoms with Gasteiger partial charge in [0.2, 0.25) is 0 Å². The molecule has 0 spiro atoms. The fourth-order valence-corrected chi connectivity index (χ4v) is 6.69. The van der Waals surface area contributed by atoms with Crippen molar-refractivity contribution in [2.75, 3.05) is 0 Å². The van der Waals surface area contributed by atoms with E-state index < -0.39 is 31.3 Å². The molecule has 0 unspecified atom stereocenters. The summed E-state index contributed by atoms with van der Waals surface area (Å²) in [4.78, 5) is 21.2. The van der Waals surface area contributed by atoms with Gasteiger partial charge in [-0.15, -0.1) is 22.1 Å². The molecule has 0 N–H and O–H groups in total. The molecule has 2 aliphatic heterocycles. The van der Waals surface area contributed by atoms with Gasteiger partial charge in [-0.25, -0.2) is 26.8 Å². The van der Waals surface area contributed by atoms with E-state index in [0.29, 0.717) is 0 Å². The summed E-state index contributed by atoms with van der Waals surface area (Å²) in [6.07, 6.45) is 8.41. The molecule has 0 saturated heterocycles. The van der Waals surface area contributed by atoms with Crippen molar-refractivity contribution >= 4 is 90.5 Å². The topological polar surface area (TPSA) is 168 Å². The Morgan fingerprint density at radius 2 is 0.554 bits per heavy atom. The van der Waals surface area contributed by atoms with Crippen molar-refractivity contribution in [1.29, 1.82) is 0 Å². The summed E-state index contributed by atoms with van der Waals surface area (Å²) in [5, 5.41) is 0. The number of fused-ring (bicyclic) bond motifs is 8. The van der Waals surface area contributed by atoms with E-state index in [9.17, 15) is 26.3 Å². The molecule has 19 heteroatoms. The smallest absolute Gasteiger partial charge is 0.741 e. The van der Waals surface area contributed by atoms with Crippen molar-refractivity contribution < 1.29 is 52.3 Å². The third-order valence-electron chi connectivity index (χ3n) is 9.43. The van der Waals surface area contributed by atoms with Crippen LogP contribution in [0.2, 0.25) is 0 Å². The van der Waals surface area contributed by atoms with Crippen LogP contribution in [0.1, 0.15) is 22.8 Å². The monoisotopic (exact) mass is 1030 g/mol. The van der Waals surface area contributed by atoms with Crippen LogP contribution in [-0.4, -0.2) is 70.8 Å². The standard InChI is InChI=1S/C44H28N4.2CHF3O3S.Sn/c1-5-13-29(14-6-1)41-33-21-23-35(45-33)42(30-15-7-2-8-16-30)37-25-27-39(47-37)44(32-19-11-4-12-20-32)40-28-26-38(48-40)43(31-17-9-3-10-18-31)36-24-22-34(41)46-36;2*2-1(3,4)8(5,6)7;/h1-28H;2*(H,5,6,7);/q-2;;;+4/p-2. The summed E-state index contributed by atoms with van der Waals surface area (Å²) in [6.45, 7) is 0. The van der Waals surface area contributed by atoms with E-state index in [-0.39, 0.29) is 23.9 Å². The summed E-state index contributed by atoms with van der Waals surface area (Å²) >= 11 is 0. The number of hydrogen-bond acceptors (Lipinski definition) is 8. The molecule has 65 heavy (non-hydrogen) atoms. The summed E-state index contributed by atoms with van der Waals surface area (Å²) in [5.41, 5.74) is 3.73. The predicted octanol–water partition coefficient (Wildman–Crippen LogP) is 10.3. The molecule has 3 aromatic heterocycles. The molecule has 0 saturated carbocycles. The second kappa shape index (κ2) is 19.4. The van der Waals surface area contributed by atoms with Gasteiger partial charge in [-0.1, -0.05) is 146 Å². The van der Waals surface area contributed by atoms with Crippen molar-refractivity contribution in [2.24, 2.45) is 0 Å². The van der Waals surface area contributed by atoms with Gasteiger partial charge >= 0.3 is 34.9 Å². The third kappa shape index (κ3) is 11.0. The minimum atomic E-state index is -6.09. The Kier molecular flexibility index (Phi) is 14.4. The number of alkyl halides is 6. The van der Waals surface area contributed by atoms with Crippen LogP contribution in [0.4, 0.5) is 26.3 Å². The zero-order valence-electron chi connectivity index (χ0n) is 33.0. The summed E-state index contributed by atoms with van der Waals surface area (Å²) < 4.78 is 118. The van der Waals surface area contributed by atoms with Gasteiger partial charge in [-0.3, -0.25) is 0 Å². The number of hydrogen-bond donors (Lipinski definition) is 0. The Morgan fingerprint density at radius 3 is 0.723 bits per heavy atom.